The zero-order valence-electron chi connectivity index (χ0n) is 20.4. The van der Waals surface area contributed by atoms with Crippen molar-refractivity contribution in [1.82, 2.24) is 24.6 Å². The summed E-state index contributed by atoms with van der Waals surface area (Å²) >= 11 is 0. The number of carboxylic acids is 1. The fraction of sp³-hybridized carbons (Fsp3) is 0.481. The average molecular weight is 475 g/mol. The quantitative estimate of drug-likeness (QED) is 0.486. The molecule has 2 aliphatic heterocycles. The van der Waals surface area contributed by atoms with E-state index < -0.39 is 5.97 Å². The number of benzene rings is 1. The number of nitrogens with one attached hydrogen (secondary N) is 1. The van der Waals surface area contributed by atoms with E-state index in [-0.39, 0.29) is 12.3 Å². The van der Waals surface area contributed by atoms with Crippen LogP contribution in [0.2, 0.25) is 0 Å². The van der Waals surface area contributed by atoms with Crippen molar-refractivity contribution in [3.8, 4) is 5.69 Å². The number of hydrogen-bond acceptors (Lipinski definition) is 6. The molecule has 1 fully saturated rings. The number of nitrogens with zero attached hydrogens (tertiary/aromatic N) is 5. The first-order chi connectivity index (χ1) is 17.0. The maximum absolute atomic E-state index is 11.7. The smallest absolute Gasteiger partial charge is 0.304 e. The molecular weight excluding hydrogens is 440 g/mol. The predicted octanol–water partition coefficient (Wildman–Crippen LogP) is 3.84. The molecule has 0 spiro atoms. The van der Waals surface area contributed by atoms with E-state index in [0.717, 1.165) is 74.8 Å². The van der Waals surface area contributed by atoms with Gasteiger partial charge in [-0.3, -0.25) is 9.36 Å². The van der Waals surface area contributed by atoms with Gasteiger partial charge in [0, 0.05) is 36.9 Å². The van der Waals surface area contributed by atoms with Crippen LogP contribution in [0.25, 0.3) is 5.69 Å². The minimum Gasteiger partial charge on any atom is -0.481 e. The molecule has 5 rings (SSSR count). The maximum Gasteiger partial charge on any atom is 0.304 e. The molecule has 2 aliphatic rings. The lowest BCUT2D eigenvalue weighted by Crippen LogP contribution is -2.28. The molecule has 0 aliphatic carbocycles. The molecule has 8 nitrogen and oxygen atoms in total. The number of aliphatic carboxylic acids is 1. The molecule has 1 saturated heterocycles. The molecule has 0 unspecified atom stereocenters. The van der Waals surface area contributed by atoms with Gasteiger partial charge in [0.15, 0.2) is 0 Å². The number of rotatable bonds is 9. The minimum absolute atomic E-state index is 0.0589. The van der Waals surface area contributed by atoms with Crippen molar-refractivity contribution >= 4 is 11.8 Å². The van der Waals surface area contributed by atoms with E-state index >= 15 is 0 Å². The molecule has 8 heteroatoms. The van der Waals surface area contributed by atoms with Crippen LogP contribution in [0.3, 0.4) is 0 Å². The molecule has 2 N–H and O–H groups in total. The summed E-state index contributed by atoms with van der Waals surface area (Å²) in [5.41, 5.74) is 4.51. The van der Waals surface area contributed by atoms with Crippen molar-refractivity contribution in [3.05, 3.63) is 65.4 Å². The van der Waals surface area contributed by atoms with Gasteiger partial charge in [0.05, 0.1) is 6.42 Å². The van der Waals surface area contributed by atoms with Gasteiger partial charge >= 0.3 is 5.97 Å². The van der Waals surface area contributed by atoms with E-state index in [9.17, 15) is 9.90 Å². The Morgan fingerprint density at radius 3 is 3.03 bits per heavy atom. The SMILES string of the molecule is Cc1nncn1-c1cccc([C@@H](CC(=O)O)CN2CC[C@@H](CCc3ccc4c(n3)NCCC4)C2)c1. The third-order valence-corrected chi connectivity index (χ3v) is 7.37. The lowest BCUT2D eigenvalue weighted by atomic mass is 9.94. The summed E-state index contributed by atoms with van der Waals surface area (Å²) in [5.74, 6) is 1.68. The van der Waals surface area contributed by atoms with E-state index in [1.54, 1.807) is 6.33 Å². The third kappa shape index (κ3) is 5.70. The van der Waals surface area contributed by atoms with Crippen LogP contribution in [0.1, 0.15) is 54.2 Å². The lowest BCUT2D eigenvalue weighted by molar-refractivity contribution is -0.137. The van der Waals surface area contributed by atoms with E-state index in [4.69, 9.17) is 4.98 Å². The first-order valence-corrected chi connectivity index (χ1v) is 12.7. The third-order valence-electron chi connectivity index (χ3n) is 7.37. The molecule has 0 radical (unpaired) electrons. The number of aryl methyl sites for hydroxylation is 3. The molecule has 2 aromatic heterocycles. The summed E-state index contributed by atoms with van der Waals surface area (Å²) in [4.78, 5) is 19.0. The van der Waals surface area contributed by atoms with Crippen molar-refractivity contribution < 1.29 is 9.90 Å². The first-order valence-electron chi connectivity index (χ1n) is 12.7. The highest BCUT2D eigenvalue weighted by Crippen LogP contribution is 2.29. The van der Waals surface area contributed by atoms with Crippen molar-refractivity contribution in [1.29, 1.82) is 0 Å². The lowest BCUT2D eigenvalue weighted by Gasteiger charge is -2.24. The number of anilines is 1. The van der Waals surface area contributed by atoms with Gasteiger partial charge in [-0.1, -0.05) is 18.2 Å². The summed E-state index contributed by atoms with van der Waals surface area (Å²) in [7, 11) is 0. The second kappa shape index (κ2) is 10.6. The second-order valence-electron chi connectivity index (χ2n) is 9.93. The number of fused-ring (bicyclic) bond motifs is 1. The second-order valence-corrected chi connectivity index (χ2v) is 9.93. The minimum atomic E-state index is -0.760. The summed E-state index contributed by atoms with van der Waals surface area (Å²) in [6.07, 6.45) is 7.38. The van der Waals surface area contributed by atoms with Crippen molar-refractivity contribution in [2.45, 2.75) is 51.4 Å². The van der Waals surface area contributed by atoms with Crippen molar-refractivity contribution in [2.75, 3.05) is 31.5 Å². The van der Waals surface area contributed by atoms with Crippen LogP contribution in [-0.2, 0) is 17.6 Å². The number of hydrogen-bond donors (Lipinski definition) is 2. The molecule has 1 aromatic carbocycles. The van der Waals surface area contributed by atoms with Crippen LogP contribution in [0, 0.1) is 12.8 Å². The number of likely N-dealkylation sites (tertiary alicyclic amines) is 1. The largest absolute Gasteiger partial charge is 0.481 e. The van der Waals surface area contributed by atoms with Gasteiger partial charge in [-0.15, -0.1) is 10.2 Å². The van der Waals surface area contributed by atoms with Gasteiger partial charge in [-0.25, -0.2) is 4.98 Å². The summed E-state index contributed by atoms with van der Waals surface area (Å²) in [5, 5.41) is 21.1. The summed E-state index contributed by atoms with van der Waals surface area (Å²) < 4.78 is 1.93. The van der Waals surface area contributed by atoms with Gasteiger partial charge in [0.2, 0.25) is 0 Å². The van der Waals surface area contributed by atoms with Gasteiger partial charge < -0.3 is 15.3 Å². The van der Waals surface area contributed by atoms with Crippen LogP contribution in [-0.4, -0.2) is 61.9 Å². The fourth-order valence-electron chi connectivity index (χ4n) is 5.46. The van der Waals surface area contributed by atoms with Crippen LogP contribution in [0.5, 0.6) is 0 Å². The Balaban J connectivity index is 1.20. The Hall–Kier alpha value is -3.26. The topological polar surface area (TPSA) is 96.2 Å². The average Bonchev–Trinajstić information content (AvgIpc) is 3.50. The predicted molar refractivity (Wildman–Crippen MR) is 135 cm³/mol. The Morgan fingerprint density at radius 1 is 1.29 bits per heavy atom. The molecule has 0 amide bonds. The maximum atomic E-state index is 11.7. The van der Waals surface area contributed by atoms with Crippen LogP contribution >= 0.6 is 0 Å². The Kier molecular flexibility index (Phi) is 7.08. The number of pyridine rings is 1. The first kappa shape index (κ1) is 23.5. The number of carbonyl (C=O) groups is 1. The molecule has 3 aromatic rings. The Morgan fingerprint density at radius 2 is 2.20 bits per heavy atom. The molecular formula is C27H34N6O2. The normalized spacial score (nSPS) is 18.7. The standard InChI is InChI=1S/C27H34N6O2/c1-19-31-29-18-33(19)25-6-2-4-22(14-25)23(15-26(34)35)17-32-13-11-20(16-32)7-9-24-10-8-21-5-3-12-28-27(21)30-24/h2,4,6,8,10,14,18,20,23H,3,5,7,9,11-13,15-17H2,1H3,(H,28,30)(H,34,35)/t20-,23+/m1/s1. The molecule has 184 valence electrons. The molecule has 0 bridgehead atoms. The highest BCUT2D eigenvalue weighted by Gasteiger charge is 2.27. The van der Waals surface area contributed by atoms with Crippen LogP contribution in [0.15, 0.2) is 42.7 Å². The van der Waals surface area contributed by atoms with Crippen molar-refractivity contribution in [2.24, 2.45) is 5.92 Å². The zero-order chi connectivity index (χ0) is 24.2. The molecule has 0 saturated carbocycles. The van der Waals surface area contributed by atoms with E-state index in [0.29, 0.717) is 5.92 Å². The van der Waals surface area contributed by atoms with Gasteiger partial charge in [-0.2, -0.15) is 0 Å². The van der Waals surface area contributed by atoms with E-state index in [1.807, 2.05) is 29.7 Å². The number of aromatic nitrogens is 4. The van der Waals surface area contributed by atoms with Crippen molar-refractivity contribution in [3.63, 3.8) is 0 Å². The fourth-order valence-corrected chi connectivity index (χ4v) is 5.46. The zero-order valence-corrected chi connectivity index (χ0v) is 20.4. The molecule has 35 heavy (non-hydrogen) atoms. The monoisotopic (exact) mass is 474 g/mol. The van der Waals surface area contributed by atoms with Gasteiger partial charge in [0.1, 0.15) is 18.0 Å². The molecule has 2 atom stereocenters. The highest BCUT2D eigenvalue weighted by molar-refractivity contribution is 5.68. The van der Waals surface area contributed by atoms with Crippen LogP contribution in [0.4, 0.5) is 5.82 Å². The van der Waals surface area contributed by atoms with Gasteiger partial charge in [-0.05, 0) is 80.8 Å². The number of carboxylic acid groups (broad SMARTS) is 1. The van der Waals surface area contributed by atoms with E-state index in [1.165, 1.54) is 17.7 Å². The molecule has 4 heterocycles. The summed E-state index contributed by atoms with van der Waals surface area (Å²) in [6.45, 7) is 5.72. The van der Waals surface area contributed by atoms with Crippen LogP contribution < -0.4 is 5.32 Å². The highest BCUT2D eigenvalue weighted by atomic mass is 16.4. The Labute approximate surface area is 206 Å². The summed E-state index contributed by atoms with van der Waals surface area (Å²) in [6, 6.07) is 12.5. The van der Waals surface area contributed by atoms with E-state index in [2.05, 4.69) is 38.6 Å². The van der Waals surface area contributed by atoms with Gasteiger partial charge in [0.25, 0.3) is 0 Å². The Bertz CT molecular complexity index is 1180.